The van der Waals surface area contributed by atoms with Gasteiger partial charge in [-0.15, -0.1) is 11.8 Å². The number of rotatable bonds is 6. The fourth-order valence-corrected chi connectivity index (χ4v) is 2.28. The monoisotopic (exact) mass is 278 g/mol. The average molecular weight is 278 g/mol. The van der Waals surface area contributed by atoms with Crippen molar-refractivity contribution in [1.29, 1.82) is 0 Å². The number of carboxylic acids is 1. The molecule has 0 aliphatic rings. The highest BCUT2D eigenvalue weighted by molar-refractivity contribution is 7.98. The number of aromatic nitrogens is 1. The molecule has 0 bridgehead atoms. The summed E-state index contributed by atoms with van der Waals surface area (Å²) in [5.41, 5.74) is 6.37. The van der Waals surface area contributed by atoms with Crippen LogP contribution < -0.4 is 5.73 Å². The molecule has 0 saturated carbocycles. The summed E-state index contributed by atoms with van der Waals surface area (Å²) in [4.78, 5) is 14.7. The zero-order chi connectivity index (χ0) is 13.7. The molecule has 0 unspecified atom stereocenters. The number of oxazole rings is 1. The van der Waals surface area contributed by atoms with E-state index in [2.05, 4.69) is 4.98 Å². The first-order valence-corrected chi connectivity index (χ1v) is 6.88. The third-order valence-electron chi connectivity index (χ3n) is 2.45. The van der Waals surface area contributed by atoms with E-state index in [0.717, 1.165) is 5.56 Å². The topological polar surface area (TPSA) is 89.4 Å². The molecule has 0 aliphatic heterocycles. The van der Waals surface area contributed by atoms with E-state index in [9.17, 15) is 4.79 Å². The van der Waals surface area contributed by atoms with Gasteiger partial charge in [0.1, 0.15) is 6.04 Å². The molecule has 2 rings (SSSR count). The van der Waals surface area contributed by atoms with Gasteiger partial charge in [-0.1, -0.05) is 30.3 Å². The Labute approximate surface area is 114 Å². The van der Waals surface area contributed by atoms with Crippen molar-refractivity contribution in [3.63, 3.8) is 0 Å². The Morgan fingerprint density at radius 2 is 2.16 bits per heavy atom. The van der Waals surface area contributed by atoms with Crippen LogP contribution >= 0.6 is 11.8 Å². The van der Waals surface area contributed by atoms with Crippen molar-refractivity contribution < 1.29 is 14.3 Å². The number of benzene rings is 1. The summed E-state index contributed by atoms with van der Waals surface area (Å²) >= 11 is 1.39. The molecular weight excluding hydrogens is 264 g/mol. The number of carboxylic acid groups (broad SMARTS) is 1. The molecule has 1 atom stereocenters. The third-order valence-corrected chi connectivity index (χ3v) is 3.50. The standard InChI is InChI=1S/C13H14N2O3S/c14-10(13(16)17)7-19-8-12-15-6-11(18-12)9-4-2-1-3-5-9/h1-6,10H,7-8,14H2,(H,16,17)/t10-/m0/s1. The van der Waals surface area contributed by atoms with Gasteiger partial charge in [-0.25, -0.2) is 4.98 Å². The lowest BCUT2D eigenvalue weighted by molar-refractivity contribution is -0.137. The van der Waals surface area contributed by atoms with Crippen molar-refractivity contribution in [3.05, 3.63) is 42.4 Å². The van der Waals surface area contributed by atoms with Crippen LogP contribution in [0.5, 0.6) is 0 Å². The molecule has 0 radical (unpaired) electrons. The summed E-state index contributed by atoms with van der Waals surface area (Å²) < 4.78 is 5.59. The van der Waals surface area contributed by atoms with E-state index in [4.69, 9.17) is 15.3 Å². The summed E-state index contributed by atoms with van der Waals surface area (Å²) in [6.45, 7) is 0. The van der Waals surface area contributed by atoms with Crippen LogP contribution in [0.25, 0.3) is 11.3 Å². The number of thioether (sulfide) groups is 1. The summed E-state index contributed by atoms with van der Waals surface area (Å²) in [6.07, 6.45) is 1.67. The average Bonchev–Trinajstić information content (AvgIpc) is 2.88. The number of aliphatic carboxylic acids is 1. The Morgan fingerprint density at radius 3 is 2.84 bits per heavy atom. The predicted octanol–water partition coefficient (Wildman–Crippen LogP) is 1.99. The van der Waals surface area contributed by atoms with Gasteiger partial charge in [-0.3, -0.25) is 4.79 Å². The van der Waals surface area contributed by atoms with Crippen LogP contribution in [-0.2, 0) is 10.5 Å². The number of nitrogens with two attached hydrogens (primary N) is 1. The molecule has 5 nitrogen and oxygen atoms in total. The van der Waals surface area contributed by atoms with Gasteiger partial charge in [0.05, 0.1) is 11.9 Å². The highest BCUT2D eigenvalue weighted by atomic mass is 32.2. The van der Waals surface area contributed by atoms with Crippen LogP contribution in [0.1, 0.15) is 5.89 Å². The van der Waals surface area contributed by atoms with Gasteiger partial charge in [-0.05, 0) is 0 Å². The Kier molecular flexibility index (Phi) is 4.59. The minimum atomic E-state index is -0.995. The largest absolute Gasteiger partial charge is 0.480 e. The summed E-state index contributed by atoms with van der Waals surface area (Å²) in [6, 6.07) is 8.82. The Bertz CT molecular complexity index is 542. The molecule has 1 aromatic heterocycles. The van der Waals surface area contributed by atoms with E-state index >= 15 is 0 Å². The lowest BCUT2D eigenvalue weighted by Gasteiger charge is -2.03. The van der Waals surface area contributed by atoms with Gasteiger partial charge in [-0.2, -0.15) is 0 Å². The molecule has 3 N–H and O–H groups in total. The molecular formula is C13H14N2O3S. The minimum Gasteiger partial charge on any atom is -0.480 e. The zero-order valence-electron chi connectivity index (χ0n) is 10.2. The van der Waals surface area contributed by atoms with Gasteiger partial charge >= 0.3 is 5.97 Å². The Morgan fingerprint density at radius 1 is 1.42 bits per heavy atom. The van der Waals surface area contributed by atoms with E-state index in [1.54, 1.807) is 6.20 Å². The smallest absolute Gasteiger partial charge is 0.321 e. The van der Waals surface area contributed by atoms with Crippen LogP contribution in [0.4, 0.5) is 0 Å². The fourth-order valence-electron chi connectivity index (χ4n) is 1.46. The predicted molar refractivity (Wildman–Crippen MR) is 73.7 cm³/mol. The molecule has 0 saturated heterocycles. The van der Waals surface area contributed by atoms with Crippen molar-refractivity contribution in [2.75, 3.05) is 5.75 Å². The molecule has 0 spiro atoms. The molecule has 100 valence electrons. The van der Waals surface area contributed by atoms with Gasteiger partial charge in [0.2, 0.25) is 5.89 Å². The third kappa shape index (κ3) is 3.84. The maximum atomic E-state index is 10.6. The minimum absolute atomic E-state index is 0.332. The molecule has 0 fully saturated rings. The van der Waals surface area contributed by atoms with Gasteiger partial charge < -0.3 is 15.3 Å². The lowest BCUT2D eigenvalue weighted by atomic mass is 10.2. The Balaban J connectivity index is 1.90. The van der Waals surface area contributed by atoms with Crippen LogP contribution in [-0.4, -0.2) is 27.9 Å². The van der Waals surface area contributed by atoms with Crippen LogP contribution in [0.15, 0.2) is 40.9 Å². The lowest BCUT2D eigenvalue weighted by Crippen LogP contribution is -2.32. The number of carbonyl (C=O) groups is 1. The molecule has 19 heavy (non-hydrogen) atoms. The normalized spacial score (nSPS) is 12.3. The molecule has 0 aliphatic carbocycles. The molecule has 2 aromatic rings. The van der Waals surface area contributed by atoms with E-state index in [0.29, 0.717) is 23.2 Å². The van der Waals surface area contributed by atoms with Crippen molar-refractivity contribution in [1.82, 2.24) is 4.98 Å². The second kappa shape index (κ2) is 6.40. The van der Waals surface area contributed by atoms with E-state index in [1.165, 1.54) is 11.8 Å². The number of hydrogen-bond donors (Lipinski definition) is 2. The van der Waals surface area contributed by atoms with Crippen molar-refractivity contribution in [2.24, 2.45) is 5.73 Å². The highest BCUT2D eigenvalue weighted by Gasteiger charge is 2.12. The van der Waals surface area contributed by atoms with Crippen LogP contribution in [0.2, 0.25) is 0 Å². The summed E-state index contributed by atoms with van der Waals surface area (Å²) in [5.74, 6) is 1.12. The van der Waals surface area contributed by atoms with Crippen molar-refractivity contribution >= 4 is 17.7 Å². The van der Waals surface area contributed by atoms with E-state index < -0.39 is 12.0 Å². The summed E-state index contributed by atoms with van der Waals surface area (Å²) in [5, 5.41) is 8.65. The number of hydrogen-bond acceptors (Lipinski definition) is 5. The molecule has 6 heteroatoms. The first kappa shape index (κ1) is 13.6. The molecule has 1 heterocycles. The maximum Gasteiger partial charge on any atom is 0.321 e. The maximum absolute atomic E-state index is 10.6. The highest BCUT2D eigenvalue weighted by Crippen LogP contribution is 2.21. The first-order chi connectivity index (χ1) is 9.16. The quantitative estimate of drug-likeness (QED) is 0.840. The van der Waals surface area contributed by atoms with E-state index in [1.807, 2.05) is 30.3 Å². The fraction of sp³-hybridized carbons (Fsp3) is 0.231. The number of nitrogens with zero attached hydrogens (tertiary/aromatic N) is 1. The molecule has 1 aromatic carbocycles. The van der Waals surface area contributed by atoms with Gasteiger partial charge in [0.25, 0.3) is 0 Å². The van der Waals surface area contributed by atoms with Gasteiger partial charge in [0, 0.05) is 11.3 Å². The van der Waals surface area contributed by atoms with Gasteiger partial charge in [0.15, 0.2) is 5.76 Å². The molecule has 0 amide bonds. The van der Waals surface area contributed by atoms with Crippen molar-refractivity contribution in [3.8, 4) is 11.3 Å². The van der Waals surface area contributed by atoms with Crippen molar-refractivity contribution in [2.45, 2.75) is 11.8 Å². The van der Waals surface area contributed by atoms with Crippen LogP contribution in [0, 0.1) is 0 Å². The Hall–Kier alpha value is -1.79. The summed E-state index contributed by atoms with van der Waals surface area (Å²) in [7, 11) is 0. The zero-order valence-corrected chi connectivity index (χ0v) is 11.0. The second-order valence-corrected chi connectivity index (χ2v) is 4.97. The van der Waals surface area contributed by atoms with Crippen LogP contribution in [0.3, 0.4) is 0 Å². The SMILES string of the molecule is N[C@@H](CSCc1ncc(-c2ccccc2)o1)C(=O)O. The van der Waals surface area contributed by atoms with E-state index in [-0.39, 0.29) is 0 Å². The second-order valence-electron chi connectivity index (χ2n) is 3.94. The first-order valence-electron chi connectivity index (χ1n) is 5.73.